The minimum absolute atomic E-state index is 0.311. The van der Waals surface area contributed by atoms with E-state index >= 15 is 0 Å². The Kier molecular flexibility index (Phi) is 2.88. The van der Waals surface area contributed by atoms with Crippen molar-refractivity contribution in [3.8, 4) is 0 Å². The Bertz CT molecular complexity index is 356. The van der Waals surface area contributed by atoms with Crippen LogP contribution < -0.4 is 4.90 Å². The molecule has 15 heavy (non-hydrogen) atoms. The molecule has 1 aliphatic rings. The highest BCUT2D eigenvalue weighted by Gasteiger charge is 2.23. The second-order valence-corrected chi connectivity index (χ2v) is 3.78. The number of aliphatic hydroxyl groups excluding tert-OH is 2. The second-order valence-electron chi connectivity index (χ2n) is 3.78. The average Bonchev–Trinajstić information content (AvgIpc) is 2.64. The van der Waals surface area contributed by atoms with Crippen LogP contribution in [0.3, 0.4) is 0 Å². The zero-order valence-corrected chi connectivity index (χ0v) is 8.36. The Morgan fingerprint density at radius 3 is 2.87 bits per heavy atom. The van der Waals surface area contributed by atoms with Crippen LogP contribution in [0.15, 0.2) is 18.2 Å². The fourth-order valence-corrected chi connectivity index (χ4v) is 1.96. The van der Waals surface area contributed by atoms with Gasteiger partial charge in [-0.05, 0) is 18.6 Å². The molecule has 0 aliphatic carbocycles. The molecule has 82 valence electrons. The smallest absolute Gasteiger partial charge is 0.130 e. The number of rotatable bonds is 2. The zero-order chi connectivity index (χ0) is 10.8. The molecule has 2 N–H and O–H groups in total. The number of anilines is 1. The molecule has 0 saturated carbocycles. The van der Waals surface area contributed by atoms with E-state index in [9.17, 15) is 9.50 Å². The van der Waals surface area contributed by atoms with Crippen LogP contribution in [-0.2, 0) is 6.61 Å². The lowest BCUT2D eigenvalue weighted by Gasteiger charge is -2.21. The Morgan fingerprint density at radius 2 is 2.27 bits per heavy atom. The summed E-state index contributed by atoms with van der Waals surface area (Å²) in [6.07, 6.45) is 0.348. The fourth-order valence-electron chi connectivity index (χ4n) is 1.96. The van der Waals surface area contributed by atoms with Gasteiger partial charge in [0.25, 0.3) is 0 Å². The van der Waals surface area contributed by atoms with E-state index < -0.39 is 5.82 Å². The van der Waals surface area contributed by atoms with Crippen LogP contribution in [-0.4, -0.2) is 29.4 Å². The molecule has 2 rings (SSSR count). The van der Waals surface area contributed by atoms with Crippen molar-refractivity contribution in [2.75, 3.05) is 18.0 Å². The van der Waals surface area contributed by atoms with Crippen molar-refractivity contribution in [2.24, 2.45) is 0 Å². The predicted molar refractivity (Wildman–Crippen MR) is 55.2 cm³/mol. The second kappa shape index (κ2) is 4.16. The highest BCUT2D eigenvalue weighted by Crippen LogP contribution is 2.26. The van der Waals surface area contributed by atoms with Crippen molar-refractivity contribution >= 4 is 5.69 Å². The van der Waals surface area contributed by atoms with E-state index in [1.54, 1.807) is 12.1 Å². The van der Waals surface area contributed by atoms with Crippen LogP contribution in [0, 0.1) is 5.82 Å². The number of hydrogen-bond donors (Lipinski definition) is 2. The summed E-state index contributed by atoms with van der Waals surface area (Å²) in [5.74, 6) is -0.392. The van der Waals surface area contributed by atoms with Gasteiger partial charge in [0.2, 0.25) is 0 Å². The van der Waals surface area contributed by atoms with E-state index in [0.29, 0.717) is 30.8 Å². The van der Waals surface area contributed by atoms with Gasteiger partial charge in [0, 0.05) is 24.3 Å². The fraction of sp³-hybridized carbons (Fsp3) is 0.455. The van der Waals surface area contributed by atoms with E-state index in [-0.39, 0.29) is 12.7 Å². The SMILES string of the molecule is OCc1c(F)cccc1N1CCC(O)C1. The average molecular weight is 211 g/mol. The molecular formula is C11H14FNO2. The van der Waals surface area contributed by atoms with Crippen LogP contribution in [0.5, 0.6) is 0 Å². The van der Waals surface area contributed by atoms with E-state index in [0.717, 1.165) is 0 Å². The zero-order valence-electron chi connectivity index (χ0n) is 8.36. The third-order valence-electron chi connectivity index (χ3n) is 2.76. The standard InChI is InChI=1S/C11H14FNO2/c12-10-2-1-3-11(9(10)7-14)13-5-4-8(15)6-13/h1-3,8,14-15H,4-7H2. The summed E-state index contributed by atoms with van der Waals surface area (Å²) in [5, 5.41) is 18.5. The van der Waals surface area contributed by atoms with Gasteiger partial charge in [-0.15, -0.1) is 0 Å². The van der Waals surface area contributed by atoms with Crippen LogP contribution >= 0.6 is 0 Å². The molecule has 0 spiro atoms. The summed E-state index contributed by atoms with van der Waals surface area (Å²) in [7, 11) is 0. The minimum Gasteiger partial charge on any atom is -0.391 e. The van der Waals surface area contributed by atoms with Crippen molar-refractivity contribution in [3.63, 3.8) is 0 Å². The molecule has 1 saturated heterocycles. The van der Waals surface area contributed by atoms with E-state index in [1.165, 1.54) is 6.07 Å². The highest BCUT2D eigenvalue weighted by molar-refractivity contribution is 5.54. The lowest BCUT2D eigenvalue weighted by molar-refractivity contribution is 0.198. The number of hydrogen-bond acceptors (Lipinski definition) is 3. The number of benzene rings is 1. The van der Waals surface area contributed by atoms with Crippen molar-refractivity contribution in [1.82, 2.24) is 0 Å². The molecule has 1 heterocycles. The molecule has 0 radical (unpaired) electrons. The maximum Gasteiger partial charge on any atom is 0.130 e. The van der Waals surface area contributed by atoms with Gasteiger partial charge in [-0.1, -0.05) is 6.07 Å². The molecule has 4 heteroatoms. The molecule has 1 unspecified atom stereocenters. The van der Waals surface area contributed by atoms with Crippen LogP contribution in [0.25, 0.3) is 0 Å². The first kappa shape index (κ1) is 10.4. The highest BCUT2D eigenvalue weighted by atomic mass is 19.1. The molecular weight excluding hydrogens is 197 g/mol. The van der Waals surface area contributed by atoms with Crippen molar-refractivity contribution in [3.05, 3.63) is 29.6 Å². The Morgan fingerprint density at radius 1 is 1.47 bits per heavy atom. The molecule has 1 aliphatic heterocycles. The summed E-state index contributed by atoms with van der Waals surface area (Å²) in [4.78, 5) is 1.90. The van der Waals surface area contributed by atoms with E-state index in [1.807, 2.05) is 4.90 Å². The van der Waals surface area contributed by atoms with Crippen molar-refractivity contribution < 1.29 is 14.6 Å². The summed E-state index contributed by atoms with van der Waals surface area (Å²) in [6.45, 7) is 0.905. The third kappa shape index (κ3) is 1.96. The molecule has 1 atom stereocenters. The van der Waals surface area contributed by atoms with Gasteiger partial charge in [-0.25, -0.2) is 4.39 Å². The maximum absolute atomic E-state index is 13.4. The molecule has 0 bridgehead atoms. The largest absolute Gasteiger partial charge is 0.391 e. The van der Waals surface area contributed by atoms with Crippen LogP contribution in [0.1, 0.15) is 12.0 Å². The maximum atomic E-state index is 13.4. The third-order valence-corrected chi connectivity index (χ3v) is 2.76. The first-order valence-electron chi connectivity index (χ1n) is 5.03. The van der Waals surface area contributed by atoms with E-state index in [2.05, 4.69) is 0 Å². The molecule has 1 aromatic carbocycles. The topological polar surface area (TPSA) is 43.7 Å². The van der Waals surface area contributed by atoms with Gasteiger partial charge in [-0.3, -0.25) is 0 Å². The number of β-amino-alcohol motifs (C(OH)–C–C–N with tert-alkyl or cyclic N) is 1. The van der Waals surface area contributed by atoms with Crippen LogP contribution in [0.4, 0.5) is 10.1 Å². The van der Waals surface area contributed by atoms with Gasteiger partial charge in [0.15, 0.2) is 0 Å². The van der Waals surface area contributed by atoms with Gasteiger partial charge in [-0.2, -0.15) is 0 Å². The first-order valence-corrected chi connectivity index (χ1v) is 5.03. The number of halogens is 1. The molecule has 0 amide bonds. The molecule has 1 fully saturated rings. The first-order chi connectivity index (χ1) is 7.22. The summed E-state index contributed by atoms with van der Waals surface area (Å²) >= 11 is 0. The van der Waals surface area contributed by atoms with Crippen molar-refractivity contribution in [1.29, 1.82) is 0 Å². The van der Waals surface area contributed by atoms with Crippen LogP contribution in [0.2, 0.25) is 0 Å². The van der Waals surface area contributed by atoms with Gasteiger partial charge in [0.1, 0.15) is 5.82 Å². The van der Waals surface area contributed by atoms with Gasteiger partial charge < -0.3 is 15.1 Å². The Balaban J connectivity index is 2.31. The number of nitrogens with zero attached hydrogens (tertiary/aromatic N) is 1. The minimum atomic E-state index is -0.392. The Hall–Kier alpha value is -1.13. The monoisotopic (exact) mass is 211 g/mol. The number of aliphatic hydroxyl groups is 2. The summed E-state index contributed by atoms with van der Waals surface area (Å²) < 4.78 is 13.4. The Labute approximate surface area is 87.8 Å². The molecule has 0 aromatic heterocycles. The van der Waals surface area contributed by atoms with Crippen molar-refractivity contribution in [2.45, 2.75) is 19.1 Å². The summed E-state index contributed by atoms with van der Waals surface area (Å²) in [5.41, 5.74) is 1.00. The molecule has 3 nitrogen and oxygen atoms in total. The quantitative estimate of drug-likeness (QED) is 0.763. The lowest BCUT2D eigenvalue weighted by Crippen LogP contribution is -2.22. The lowest BCUT2D eigenvalue weighted by atomic mass is 10.1. The van der Waals surface area contributed by atoms with E-state index in [4.69, 9.17) is 5.11 Å². The van der Waals surface area contributed by atoms with Gasteiger partial charge in [0.05, 0.1) is 12.7 Å². The molecule has 1 aromatic rings. The normalized spacial score (nSPS) is 21.0. The summed E-state index contributed by atoms with van der Waals surface area (Å²) in [6, 6.07) is 4.72. The predicted octanol–water partition coefficient (Wildman–Crippen LogP) is 0.889. The van der Waals surface area contributed by atoms with Gasteiger partial charge >= 0.3 is 0 Å².